The summed E-state index contributed by atoms with van der Waals surface area (Å²) in [5, 5.41) is 56.1. The zero-order valence-electron chi connectivity index (χ0n) is 47.9. The smallest absolute Gasteiger partial charge is 0.164 e. The highest BCUT2D eigenvalue weighted by molar-refractivity contribution is 6.14. The molecule has 10 nitrogen and oxygen atoms in total. The zero-order chi connectivity index (χ0) is 60.8. The maximum Gasteiger partial charge on any atom is 0.164 e. The van der Waals surface area contributed by atoms with Crippen molar-refractivity contribution in [1.29, 1.82) is 26.3 Å². The van der Waals surface area contributed by atoms with Gasteiger partial charge < -0.3 is 9.13 Å². The molecule has 3 aromatic heterocycles. The Kier molecular flexibility index (Phi) is 13.2. The van der Waals surface area contributed by atoms with E-state index in [-0.39, 0.29) is 0 Å². The van der Waals surface area contributed by atoms with Gasteiger partial charge in [0.1, 0.15) is 0 Å². The van der Waals surface area contributed by atoms with Crippen molar-refractivity contribution in [3.8, 4) is 132 Å². The molecule has 0 aliphatic rings. The fourth-order valence-electron chi connectivity index (χ4n) is 12.6. The molecule has 3 heterocycles. The number of rotatable bonds is 10. The summed E-state index contributed by atoms with van der Waals surface area (Å²) in [6.45, 7) is 0. The molecule has 10 heteroatoms. The number of nitrogens with zero attached hydrogens (tertiary/aromatic N) is 10. The Morgan fingerprint density at radius 3 is 0.933 bits per heavy atom. The second-order valence-corrected chi connectivity index (χ2v) is 21.8. The van der Waals surface area contributed by atoms with E-state index in [2.05, 4.69) is 124 Å². The van der Waals surface area contributed by atoms with Gasteiger partial charge in [-0.15, -0.1) is 0 Å². The highest BCUT2D eigenvalue weighted by Crippen LogP contribution is 2.46. The Morgan fingerprint density at radius 2 is 0.567 bits per heavy atom. The van der Waals surface area contributed by atoms with Crippen LogP contribution in [-0.2, 0) is 0 Å². The molecule has 0 amide bonds. The van der Waals surface area contributed by atoms with Crippen molar-refractivity contribution in [3.05, 3.63) is 295 Å². The molecule has 0 saturated carbocycles. The van der Waals surface area contributed by atoms with Crippen LogP contribution in [0.3, 0.4) is 0 Å². The van der Waals surface area contributed by atoms with E-state index in [1.165, 1.54) is 0 Å². The van der Waals surface area contributed by atoms with Crippen LogP contribution in [0.4, 0.5) is 0 Å². The SMILES string of the molecule is N#Cc1ccc(-n2c3ccc(-c4ccccc4C#N)cc3c3cc(-c4ccccc4C#N)ccc32)c(-c2ccc(-c3nc(-c4ccccc4)nc(-c4ccccc4)n3)cc2-n2c3ccc(-c4ccccc4C#N)cc3c3cc(-c4ccccc4C#N)ccc32)c1. The van der Waals surface area contributed by atoms with Gasteiger partial charge in [0.25, 0.3) is 0 Å². The molecule has 0 fully saturated rings. The molecule has 0 N–H and O–H groups in total. The van der Waals surface area contributed by atoms with Gasteiger partial charge in [0.2, 0.25) is 0 Å². The Bertz CT molecular complexity index is 5400. The molecule has 0 aliphatic heterocycles. The van der Waals surface area contributed by atoms with Crippen LogP contribution in [0.15, 0.2) is 267 Å². The molecule has 414 valence electrons. The van der Waals surface area contributed by atoms with Crippen LogP contribution < -0.4 is 0 Å². The van der Waals surface area contributed by atoms with Gasteiger partial charge in [0.05, 0.1) is 91.6 Å². The standard InChI is InChI=1S/C80H44N10/c81-45-50-27-34-72(89-73-35-29-53(62-23-11-7-19-58(62)46-82)40-68(73)69-41-54(30-36-74(69)89)63-24-12-8-20-59(63)47-83)67(39-50)66-33-28-57(80-87-78(51-15-3-1-4-16-51)86-79(88-80)52-17-5-2-6-18-52)44-77(66)90-75-37-31-55(64-25-13-9-21-60(64)48-84)42-70(75)71-43-56(32-38-76(71)90)65-26-14-10-22-61(65)49-85/h1-44H. The quantitative estimate of drug-likeness (QED) is 0.130. The van der Waals surface area contributed by atoms with Crippen LogP contribution in [0.5, 0.6) is 0 Å². The lowest BCUT2D eigenvalue weighted by atomic mass is 9.96. The minimum Gasteiger partial charge on any atom is -0.309 e. The van der Waals surface area contributed by atoms with E-state index >= 15 is 0 Å². The first-order valence-electron chi connectivity index (χ1n) is 29.1. The molecule has 0 bridgehead atoms. The van der Waals surface area contributed by atoms with E-state index in [0.717, 1.165) is 122 Å². The number of hydrogen-bond acceptors (Lipinski definition) is 8. The van der Waals surface area contributed by atoms with Crippen LogP contribution in [0.2, 0.25) is 0 Å². The molecule has 12 aromatic carbocycles. The summed E-state index contributed by atoms with van der Waals surface area (Å²) >= 11 is 0. The fraction of sp³-hybridized carbons (Fsp3) is 0. The Morgan fingerprint density at radius 1 is 0.233 bits per heavy atom. The number of benzene rings is 12. The van der Waals surface area contributed by atoms with Gasteiger partial charge in [-0.25, -0.2) is 15.0 Å². The van der Waals surface area contributed by atoms with Crippen LogP contribution >= 0.6 is 0 Å². The lowest BCUT2D eigenvalue weighted by Crippen LogP contribution is -2.04. The van der Waals surface area contributed by atoms with Crippen molar-refractivity contribution in [2.45, 2.75) is 0 Å². The third kappa shape index (κ3) is 9.14. The van der Waals surface area contributed by atoms with Crippen molar-refractivity contribution in [2.75, 3.05) is 0 Å². The molecule has 0 saturated heterocycles. The van der Waals surface area contributed by atoms with Crippen LogP contribution in [0.1, 0.15) is 27.8 Å². The molecular weight excluding hydrogens is 1100 g/mol. The van der Waals surface area contributed by atoms with E-state index < -0.39 is 0 Å². The summed E-state index contributed by atoms with van der Waals surface area (Å²) < 4.78 is 4.50. The largest absolute Gasteiger partial charge is 0.309 e. The number of aromatic nitrogens is 5. The van der Waals surface area contributed by atoms with Gasteiger partial charge in [-0.05, 0) is 142 Å². The van der Waals surface area contributed by atoms with Gasteiger partial charge >= 0.3 is 0 Å². The van der Waals surface area contributed by atoms with Gasteiger partial charge in [-0.3, -0.25) is 0 Å². The summed E-state index contributed by atoms with van der Waals surface area (Å²) in [5.41, 5.74) is 18.1. The highest BCUT2D eigenvalue weighted by Gasteiger charge is 2.25. The second-order valence-electron chi connectivity index (χ2n) is 21.8. The Balaban J connectivity index is 1.05. The maximum atomic E-state index is 10.9. The molecule has 90 heavy (non-hydrogen) atoms. The van der Waals surface area contributed by atoms with Crippen LogP contribution in [-0.4, -0.2) is 24.1 Å². The first-order chi connectivity index (χ1) is 44.4. The highest BCUT2D eigenvalue weighted by atomic mass is 15.0. The van der Waals surface area contributed by atoms with Gasteiger partial charge in [-0.1, -0.05) is 170 Å². The third-order valence-corrected chi connectivity index (χ3v) is 16.8. The topological polar surface area (TPSA) is 167 Å². The lowest BCUT2D eigenvalue weighted by molar-refractivity contribution is 1.07. The Labute approximate surface area is 517 Å². The zero-order valence-corrected chi connectivity index (χ0v) is 47.9. The van der Waals surface area contributed by atoms with Crippen LogP contribution in [0, 0.1) is 56.7 Å². The van der Waals surface area contributed by atoms with Crippen molar-refractivity contribution in [3.63, 3.8) is 0 Å². The average Bonchev–Trinajstić information content (AvgIpc) is 1.57. The predicted octanol–water partition coefficient (Wildman–Crippen LogP) is 18.8. The molecule has 15 aromatic rings. The van der Waals surface area contributed by atoms with Gasteiger partial charge in [-0.2, -0.15) is 26.3 Å². The van der Waals surface area contributed by atoms with E-state index in [9.17, 15) is 26.3 Å². The summed E-state index contributed by atoms with van der Waals surface area (Å²) in [5.74, 6) is 1.45. The number of fused-ring (bicyclic) bond motifs is 6. The number of hydrogen-bond donors (Lipinski definition) is 0. The van der Waals surface area contributed by atoms with Gasteiger partial charge in [0, 0.05) is 49.4 Å². The minimum absolute atomic E-state index is 0.441. The summed E-state index contributed by atoms with van der Waals surface area (Å²) in [6.07, 6.45) is 0. The molecule has 0 spiro atoms. The van der Waals surface area contributed by atoms with Crippen molar-refractivity contribution >= 4 is 43.6 Å². The van der Waals surface area contributed by atoms with E-state index in [1.807, 2.05) is 182 Å². The average molecular weight is 1150 g/mol. The first-order valence-corrected chi connectivity index (χ1v) is 29.1. The fourth-order valence-corrected chi connectivity index (χ4v) is 12.6. The summed E-state index contributed by atoms with van der Waals surface area (Å²) in [4.78, 5) is 15.5. The van der Waals surface area contributed by atoms with Crippen molar-refractivity contribution in [1.82, 2.24) is 24.1 Å². The number of nitriles is 5. The van der Waals surface area contributed by atoms with Crippen LogP contribution in [0.25, 0.3) is 145 Å². The molecule has 0 aliphatic carbocycles. The molecular formula is C80H44N10. The van der Waals surface area contributed by atoms with Crippen molar-refractivity contribution in [2.24, 2.45) is 0 Å². The Hall–Kier alpha value is -13.3. The minimum atomic E-state index is 0.441. The molecule has 0 radical (unpaired) electrons. The first kappa shape index (κ1) is 53.4. The van der Waals surface area contributed by atoms with Gasteiger partial charge in [0.15, 0.2) is 17.5 Å². The van der Waals surface area contributed by atoms with E-state index in [1.54, 1.807) is 0 Å². The summed E-state index contributed by atoms with van der Waals surface area (Å²) in [6, 6.07) is 99.5. The maximum absolute atomic E-state index is 10.9. The third-order valence-electron chi connectivity index (χ3n) is 16.8. The summed E-state index contributed by atoms with van der Waals surface area (Å²) in [7, 11) is 0. The molecule has 0 atom stereocenters. The predicted molar refractivity (Wildman–Crippen MR) is 356 cm³/mol. The van der Waals surface area contributed by atoms with Crippen molar-refractivity contribution < 1.29 is 0 Å². The van der Waals surface area contributed by atoms with E-state index in [4.69, 9.17) is 15.0 Å². The monoisotopic (exact) mass is 1140 g/mol. The molecule has 15 rings (SSSR count). The van der Waals surface area contributed by atoms with E-state index in [0.29, 0.717) is 50.9 Å². The normalized spacial score (nSPS) is 11.1. The molecule has 0 unspecified atom stereocenters. The second kappa shape index (κ2) is 22.3. The lowest BCUT2D eigenvalue weighted by Gasteiger charge is -2.20.